The van der Waals surface area contributed by atoms with E-state index < -0.39 is 30.6 Å². The Bertz CT molecular complexity index is 1030. The molecule has 0 spiro atoms. The molecule has 2 atom stereocenters. The highest BCUT2D eigenvalue weighted by Crippen LogP contribution is 2.44. The Hall–Kier alpha value is -3.43. The van der Waals surface area contributed by atoms with Crippen LogP contribution in [0, 0.1) is 5.92 Å². The number of nitrogens with one attached hydrogen (secondary N) is 1. The van der Waals surface area contributed by atoms with E-state index in [4.69, 9.17) is 19.3 Å². The molecule has 0 saturated carbocycles. The van der Waals surface area contributed by atoms with Crippen molar-refractivity contribution < 1.29 is 33.7 Å². The third kappa shape index (κ3) is 5.63. The summed E-state index contributed by atoms with van der Waals surface area (Å²) in [6, 6.07) is 16.2. The normalized spacial score (nSPS) is 18.5. The maximum absolute atomic E-state index is 12.9. The highest BCUT2D eigenvalue weighted by molar-refractivity contribution is 5.85. The number of carboxylic acid groups (broad SMARTS) is 1. The van der Waals surface area contributed by atoms with E-state index in [9.17, 15) is 14.4 Å². The molecule has 2 amide bonds. The number of carbonyl (C=O) groups is 3. The Balaban J connectivity index is 1.32. The van der Waals surface area contributed by atoms with Gasteiger partial charge in [-0.05, 0) is 28.7 Å². The molecule has 4 rings (SSSR count). The molecule has 1 aliphatic carbocycles. The second-order valence-corrected chi connectivity index (χ2v) is 8.69. The molecule has 1 heterocycles. The summed E-state index contributed by atoms with van der Waals surface area (Å²) in [5, 5.41) is 11.9. The van der Waals surface area contributed by atoms with Gasteiger partial charge in [-0.2, -0.15) is 0 Å². The Morgan fingerprint density at radius 3 is 2.37 bits per heavy atom. The van der Waals surface area contributed by atoms with Gasteiger partial charge in [0.2, 0.25) is 0 Å². The van der Waals surface area contributed by atoms with Gasteiger partial charge in [0.25, 0.3) is 5.91 Å². The lowest BCUT2D eigenvalue weighted by molar-refractivity contribution is -0.150. The summed E-state index contributed by atoms with van der Waals surface area (Å²) in [4.78, 5) is 37.8. The van der Waals surface area contributed by atoms with Crippen LogP contribution in [0.15, 0.2) is 48.5 Å². The van der Waals surface area contributed by atoms with Gasteiger partial charge in [-0.1, -0.05) is 48.5 Å². The summed E-state index contributed by atoms with van der Waals surface area (Å²) in [5.74, 6) is -1.84. The van der Waals surface area contributed by atoms with Gasteiger partial charge >= 0.3 is 12.1 Å². The maximum atomic E-state index is 12.9. The van der Waals surface area contributed by atoms with Crippen molar-refractivity contribution in [2.75, 3.05) is 46.6 Å². The van der Waals surface area contributed by atoms with Crippen LogP contribution >= 0.6 is 0 Å². The lowest BCUT2D eigenvalue weighted by atomic mass is 9.98. The van der Waals surface area contributed by atoms with Gasteiger partial charge in [0.1, 0.15) is 19.3 Å². The number of amides is 2. The summed E-state index contributed by atoms with van der Waals surface area (Å²) in [5.41, 5.74) is 4.57. The molecule has 0 aromatic heterocycles. The summed E-state index contributed by atoms with van der Waals surface area (Å²) < 4.78 is 16.2. The second kappa shape index (κ2) is 11.3. The highest BCUT2D eigenvalue weighted by atomic mass is 16.5. The molecule has 2 aromatic rings. The molecule has 2 N–H and O–H groups in total. The number of carbonyl (C=O) groups excluding carboxylic acids is 2. The van der Waals surface area contributed by atoms with Crippen LogP contribution in [0.3, 0.4) is 0 Å². The van der Waals surface area contributed by atoms with Gasteiger partial charge in [-0.3, -0.25) is 9.59 Å². The van der Waals surface area contributed by atoms with Crippen molar-refractivity contribution in [3.63, 3.8) is 0 Å². The van der Waals surface area contributed by atoms with Gasteiger partial charge in [-0.15, -0.1) is 0 Å². The number of benzene rings is 2. The van der Waals surface area contributed by atoms with Crippen LogP contribution in [0.25, 0.3) is 11.1 Å². The van der Waals surface area contributed by atoms with Crippen molar-refractivity contribution in [1.29, 1.82) is 0 Å². The molecule has 1 aliphatic heterocycles. The summed E-state index contributed by atoms with van der Waals surface area (Å²) >= 11 is 0. The lowest BCUT2D eigenvalue weighted by Crippen LogP contribution is -2.47. The average molecular weight is 483 g/mol. The molecule has 0 radical (unpaired) electrons. The largest absolute Gasteiger partial charge is 0.480 e. The molecule has 2 aliphatic rings. The van der Waals surface area contributed by atoms with E-state index >= 15 is 0 Å². The summed E-state index contributed by atoms with van der Waals surface area (Å²) in [6.45, 7) is 0.681. The molecule has 1 saturated heterocycles. The monoisotopic (exact) mass is 482 g/mol. The molecule has 1 fully saturated rings. The van der Waals surface area contributed by atoms with Crippen molar-refractivity contribution in [2.45, 2.75) is 18.4 Å². The van der Waals surface area contributed by atoms with Crippen molar-refractivity contribution in [3.8, 4) is 11.1 Å². The Kier molecular flexibility index (Phi) is 7.99. The highest BCUT2D eigenvalue weighted by Gasteiger charge is 2.37. The maximum Gasteiger partial charge on any atom is 0.407 e. The number of carboxylic acids is 1. The fraction of sp³-hybridized carbons (Fsp3) is 0.423. The van der Waals surface area contributed by atoms with E-state index in [1.807, 2.05) is 24.3 Å². The molecule has 186 valence electrons. The minimum absolute atomic E-state index is 0.0392. The van der Waals surface area contributed by atoms with E-state index in [1.54, 1.807) is 0 Å². The predicted molar refractivity (Wildman–Crippen MR) is 127 cm³/mol. The van der Waals surface area contributed by atoms with E-state index in [0.717, 1.165) is 22.3 Å². The van der Waals surface area contributed by atoms with Gasteiger partial charge in [0, 0.05) is 38.6 Å². The first-order chi connectivity index (χ1) is 17.0. The number of hydrogen-bond donors (Lipinski definition) is 2. The van der Waals surface area contributed by atoms with Crippen LogP contribution < -0.4 is 5.32 Å². The zero-order valence-electron chi connectivity index (χ0n) is 19.6. The van der Waals surface area contributed by atoms with Gasteiger partial charge < -0.3 is 29.5 Å². The third-order valence-electron chi connectivity index (χ3n) is 6.51. The minimum atomic E-state index is -1.11. The molecular weight excluding hydrogens is 452 g/mol. The van der Waals surface area contributed by atoms with Crippen LogP contribution in [-0.4, -0.2) is 80.6 Å². The Morgan fingerprint density at radius 2 is 1.74 bits per heavy atom. The number of ether oxygens (including phenoxy) is 3. The molecule has 2 aromatic carbocycles. The molecule has 9 nitrogen and oxygen atoms in total. The van der Waals surface area contributed by atoms with Gasteiger partial charge in [0.05, 0.1) is 6.61 Å². The first-order valence-corrected chi connectivity index (χ1v) is 11.7. The predicted octanol–water partition coefficient (Wildman–Crippen LogP) is 2.49. The molecule has 0 bridgehead atoms. The fourth-order valence-corrected chi connectivity index (χ4v) is 4.79. The summed E-state index contributed by atoms with van der Waals surface area (Å²) in [7, 11) is 1.48. The van der Waals surface area contributed by atoms with E-state index in [1.165, 1.54) is 12.0 Å². The second-order valence-electron chi connectivity index (χ2n) is 8.69. The van der Waals surface area contributed by atoms with Crippen molar-refractivity contribution >= 4 is 18.0 Å². The van der Waals surface area contributed by atoms with Crippen LogP contribution in [-0.2, 0) is 23.8 Å². The SMILES string of the molecule is COCCN(CC(=O)O)C(=O)[C@@H]1OCC[C@@H]1CNC(=O)OCC1c2ccccc2-c2ccccc21. The smallest absolute Gasteiger partial charge is 0.407 e. The van der Waals surface area contributed by atoms with Crippen LogP contribution in [0.1, 0.15) is 23.5 Å². The number of fused-ring (bicyclic) bond motifs is 3. The number of aliphatic carboxylic acids is 1. The molecule has 9 heteroatoms. The number of nitrogens with zero attached hydrogens (tertiary/aromatic N) is 1. The number of hydrogen-bond acceptors (Lipinski definition) is 6. The first kappa shape index (κ1) is 24.7. The summed E-state index contributed by atoms with van der Waals surface area (Å²) in [6.07, 6.45) is -0.808. The minimum Gasteiger partial charge on any atom is -0.480 e. The third-order valence-corrected chi connectivity index (χ3v) is 6.51. The van der Waals surface area contributed by atoms with Crippen molar-refractivity contribution in [3.05, 3.63) is 59.7 Å². The molecule has 35 heavy (non-hydrogen) atoms. The standard InChI is InChI=1S/C26H30N2O7/c1-33-13-11-28(15-23(29)30)25(31)24-17(10-12-34-24)14-27-26(32)35-16-22-20-8-4-2-6-18(20)19-7-3-5-9-21(19)22/h2-9,17,22,24H,10-16H2,1H3,(H,27,32)(H,29,30)/t17-,24-/m1/s1. The number of methoxy groups -OCH3 is 1. The van der Waals surface area contributed by atoms with Gasteiger partial charge in [-0.25, -0.2) is 4.79 Å². The fourth-order valence-electron chi connectivity index (χ4n) is 4.79. The van der Waals surface area contributed by atoms with Gasteiger partial charge in [0.15, 0.2) is 0 Å². The molecule has 0 unspecified atom stereocenters. The first-order valence-electron chi connectivity index (χ1n) is 11.7. The Labute approximate surface area is 204 Å². The number of rotatable bonds is 10. The Morgan fingerprint density at radius 1 is 1.09 bits per heavy atom. The van der Waals surface area contributed by atoms with E-state index in [2.05, 4.69) is 29.6 Å². The van der Waals surface area contributed by atoms with E-state index in [-0.39, 0.29) is 38.1 Å². The quantitative estimate of drug-likeness (QED) is 0.535. The zero-order chi connectivity index (χ0) is 24.8. The van der Waals surface area contributed by atoms with Crippen molar-refractivity contribution in [1.82, 2.24) is 10.2 Å². The van der Waals surface area contributed by atoms with Crippen LogP contribution in [0.2, 0.25) is 0 Å². The van der Waals surface area contributed by atoms with E-state index in [0.29, 0.717) is 13.0 Å². The van der Waals surface area contributed by atoms with Crippen molar-refractivity contribution in [2.24, 2.45) is 5.92 Å². The van der Waals surface area contributed by atoms with Crippen LogP contribution in [0.5, 0.6) is 0 Å². The zero-order valence-corrected chi connectivity index (χ0v) is 19.6. The van der Waals surface area contributed by atoms with Crippen LogP contribution in [0.4, 0.5) is 4.79 Å². The topological polar surface area (TPSA) is 114 Å². The number of alkyl carbamates (subject to hydrolysis) is 1. The average Bonchev–Trinajstić information content (AvgIpc) is 3.46. The molecular formula is C26H30N2O7. The lowest BCUT2D eigenvalue weighted by Gasteiger charge is -2.26.